The number of primary amides is 1. The van der Waals surface area contributed by atoms with E-state index in [2.05, 4.69) is 5.32 Å². The third-order valence-corrected chi connectivity index (χ3v) is 3.23. The van der Waals surface area contributed by atoms with Crippen molar-refractivity contribution in [3.8, 4) is 0 Å². The van der Waals surface area contributed by atoms with Gasteiger partial charge in [0.1, 0.15) is 17.3 Å². The second kappa shape index (κ2) is 8.06. The van der Waals surface area contributed by atoms with Crippen molar-refractivity contribution in [2.75, 3.05) is 10.6 Å². The number of carbonyl (C=O) groups excluding carboxylic acids is 3. The van der Waals surface area contributed by atoms with Gasteiger partial charge in [-0.3, -0.25) is 4.79 Å². The fourth-order valence-corrected chi connectivity index (χ4v) is 1.99. The van der Waals surface area contributed by atoms with Crippen LogP contribution in [0.1, 0.15) is 17.3 Å². The van der Waals surface area contributed by atoms with Crippen molar-refractivity contribution in [2.24, 2.45) is 5.73 Å². The molecule has 0 aliphatic heterocycles. The molecule has 9 heteroatoms. The number of nitrogens with two attached hydrogens (primary N) is 1. The second-order valence-corrected chi connectivity index (χ2v) is 5.20. The van der Waals surface area contributed by atoms with Crippen molar-refractivity contribution >= 4 is 29.3 Å². The summed E-state index contributed by atoms with van der Waals surface area (Å²) in [7, 11) is 0. The van der Waals surface area contributed by atoms with Gasteiger partial charge in [0.05, 0.1) is 5.56 Å². The Morgan fingerprint density at radius 2 is 1.65 bits per heavy atom. The maximum Gasteiger partial charge on any atom is 0.338 e. The number of esters is 1. The number of nitrogens with one attached hydrogen (secondary N) is 2. The van der Waals surface area contributed by atoms with Crippen molar-refractivity contribution in [1.29, 1.82) is 0 Å². The number of rotatable bonds is 5. The first kappa shape index (κ1) is 18.8. The van der Waals surface area contributed by atoms with Gasteiger partial charge in [-0.05, 0) is 37.3 Å². The average molecular weight is 363 g/mol. The van der Waals surface area contributed by atoms with Crippen LogP contribution < -0.4 is 16.4 Å². The minimum Gasteiger partial charge on any atom is -0.449 e. The van der Waals surface area contributed by atoms with E-state index < -0.39 is 41.3 Å². The number of benzene rings is 2. The molecule has 3 amide bonds. The van der Waals surface area contributed by atoms with Crippen molar-refractivity contribution in [2.45, 2.75) is 13.0 Å². The van der Waals surface area contributed by atoms with E-state index in [-0.39, 0.29) is 11.3 Å². The van der Waals surface area contributed by atoms with Crippen LogP contribution in [-0.2, 0) is 9.53 Å². The summed E-state index contributed by atoms with van der Waals surface area (Å²) < 4.78 is 32.1. The first-order valence-electron chi connectivity index (χ1n) is 7.40. The fraction of sp³-hybridized carbons (Fsp3) is 0.118. The second-order valence-electron chi connectivity index (χ2n) is 5.20. The minimum absolute atomic E-state index is 0.0490. The molecule has 26 heavy (non-hydrogen) atoms. The summed E-state index contributed by atoms with van der Waals surface area (Å²) in [4.78, 5) is 34.9. The molecule has 0 saturated carbocycles. The van der Waals surface area contributed by atoms with E-state index in [1.54, 1.807) is 0 Å². The van der Waals surface area contributed by atoms with Gasteiger partial charge < -0.3 is 21.1 Å². The molecule has 0 heterocycles. The molecule has 0 unspecified atom stereocenters. The monoisotopic (exact) mass is 363 g/mol. The summed E-state index contributed by atoms with van der Waals surface area (Å²) in [6, 6.07) is 7.97. The third kappa shape index (κ3) is 4.76. The van der Waals surface area contributed by atoms with E-state index in [0.717, 1.165) is 18.2 Å². The molecule has 0 saturated heterocycles. The Labute approximate surface area is 147 Å². The van der Waals surface area contributed by atoms with Gasteiger partial charge in [-0.2, -0.15) is 0 Å². The van der Waals surface area contributed by atoms with Gasteiger partial charge in [0.15, 0.2) is 6.10 Å². The lowest BCUT2D eigenvalue weighted by molar-refractivity contribution is -0.123. The number of para-hydroxylation sites is 1. The number of urea groups is 1. The molecule has 1 atom stereocenters. The summed E-state index contributed by atoms with van der Waals surface area (Å²) >= 11 is 0. The highest BCUT2D eigenvalue weighted by atomic mass is 19.1. The highest BCUT2D eigenvalue weighted by Gasteiger charge is 2.21. The normalized spacial score (nSPS) is 11.3. The summed E-state index contributed by atoms with van der Waals surface area (Å²) in [5.74, 6) is -3.69. The summed E-state index contributed by atoms with van der Waals surface area (Å²) in [6.07, 6.45) is -1.32. The predicted molar refractivity (Wildman–Crippen MR) is 89.5 cm³/mol. The largest absolute Gasteiger partial charge is 0.449 e. The Balaban J connectivity index is 2.04. The number of halogens is 2. The predicted octanol–water partition coefficient (Wildman–Crippen LogP) is 2.64. The molecule has 0 radical (unpaired) electrons. The van der Waals surface area contributed by atoms with Crippen LogP contribution in [0.5, 0.6) is 0 Å². The van der Waals surface area contributed by atoms with E-state index >= 15 is 0 Å². The van der Waals surface area contributed by atoms with Gasteiger partial charge in [0, 0.05) is 5.69 Å². The smallest absolute Gasteiger partial charge is 0.338 e. The minimum atomic E-state index is -1.32. The van der Waals surface area contributed by atoms with Gasteiger partial charge in [0.25, 0.3) is 5.91 Å². The Morgan fingerprint density at radius 1 is 1.04 bits per heavy atom. The van der Waals surface area contributed by atoms with Crippen LogP contribution in [0, 0.1) is 11.6 Å². The van der Waals surface area contributed by atoms with Crippen molar-refractivity contribution < 1.29 is 27.9 Å². The van der Waals surface area contributed by atoms with Crippen LogP contribution in [0.4, 0.5) is 25.0 Å². The molecular weight excluding hydrogens is 348 g/mol. The van der Waals surface area contributed by atoms with Gasteiger partial charge in [-0.25, -0.2) is 18.4 Å². The van der Waals surface area contributed by atoms with Crippen molar-refractivity contribution in [1.82, 2.24) is 0 Å². The lowest BCUT2D eigenvalue weighted by Gasteiger charge is -2.14. The van der Waals surface area contributed by atoms with E-state index in [1.807, 2.05) is 5.32 Å². The van der Waals surface area contributed by atoms with E-state index in [0.29, 0.717) is 0 Å². The molecule has 7 nitrogen and oxygen atoms in total. The molecule has 2 aromatic carbocycles. The van der Waals surface area contributed by atoms with Gasteiger partial charge in [-0.1, -0.05) is 12.1 Å². The Hall–Kier alpha value is -3.49. The summed E-state index contributed by atoms with van der Waals surface area (Å²) in [6.45, 7) is 1.25. The standard InChI is InChI=1S/C17H15F2N3O4/c1-9(15(23)22-14-12(18)6-3-7-13(14)19)26-16(24)10-4-2-5-11(8-10)21-17(20)25/h2-9H,1H3,(H,22,23)(H3,20,21,25)/t9-/m1/s1. The fourth-order valence-electron chi connectivity index (χ4n) is 1.99. The highest BCUT2D eigenvalue weighted by Crippen LogP contribution is 2.19. The van der Waals surface area contributed by atoms with Crippen LogP contribution in [0.2, 0.25) is 0 Å². The molecule has 4 N–H and O–H groups in total. The number of ether oxygens (including phenoxy) is 1. The molecule has 0 spiro atoms. The first-order chi connectivity index (χ1) is 12.3. The maximum absolute atomic E-state index is 13.5. The lowest BCUT2D eigenvalue weighted by atomic mass is 10.2. The number of hydrogen-bond donors (Lipinski definition) is 3. The van der Waals surface area contributed by atoms with E-state index in [4.69, 9.17) is 10.5 Å². The topological polar surface area (TPSA) is 111 Å². The molecule has 136 valence electrons. The average Bonchev–Trinajstić information content (AvgIpc) is 2.57. The maximum atomic E-state index is 13.5. The molecule has 2 rings (SSSR count). The number of carbonyl (C=O) groups is 3. The van der Waals surface area contributed by atoms with Crippen LogP contribution in [0.15, 0.2) is 42.5 Å². The summed E-state index contributed by atoms with van der Waals surface area (Å²) in [5, 5.41) is 4.32. The molecule has 0 aromatic heterocycles. The van der Waals surface area contributed by atoms with Crippen LogP contribution >= 0.6 is 0 Å². The first-order valence-corrected chi connectivity index (χ1v) is 7.40. The molecule has 0 bridgehead atoms. The molecular formula is C17H15F2N3O4. The Morgan fingerprint density at radius 3 is 2.27 bits per heavy atom. The SMILES string of the molecule is C[C@@H](OC(=O)c1cccc(NC(N)=O)c1)C(=O)Nc1c(F)cccc1F. The van der Waals surface area contributed by atoms with Gasteiger partial charge >= 0.3 is 12.0 Å². The van der Waals surface area contributed by atoms with Crippen LogP contribution in [0.25, 0.3) is 0 Å². The van der Waals surface area contributed by atoms with Crippen molar-refractivity contribution in [3.05, 3.63) is 59.7 Å². The lowest BCUT2D eigenvalue weighted by Crippen LogP contribution is -2.30. The number of amides is 3. The quantitative estimate of drug-likeness (QED) is 0.709. The van der Waals surface area contributed by atoms with Crippen LogP contribution in [-0.4, -0.2) is 24.0 Å². The van der Waals surface area contributed by atoms with Crippen molar-refractivity contribution in [3.63, 3.8) is 0 Å². The van der Waals surface area contributed by atoms with Gasteiger partial charge in [-0.15, -0.1) is 0 Å². The Kier molecular flexibility index (Phi) is 5.84. The van der Waals surface area contributed by atoms with Gasteiger partial charge in [0.2, 0.25) is 0 Å². The van der Waals surface area contributed by atoms with E-state index in [9.17, 15) is 23.2 Å². The number of hydrogen-bond acceptors (Lipinski definition) is 4. The Bertz CT molecular complexity index is 837. The summed E-state index contributed by atoms with van der Waals surface area (Å²) in [5.41, 5.74) is 4.67. The van der Waals surface area contributed by atoms with E-state index in [1.165, 1.54) is 31.2 Å². The number of anilines is 2. The molecule has 2 aromatic rings. The zero-order valence-electron chi connectivity index (χ0n) is 13.6. The molecule has 0 aliphatic rings. The molecule has 0 aliphatic carbocycles. The highest BCUT2D eigenvalue weighted by molar-refractivity contribution is 5.98. The molecule has 0 fully saturated rings. The third-order valence-electron chi connectivity index (χ3n) is 3.23. The zero-order valence-corrected chi connectivity index (χ0v) is 13.6. The zero-order chi connectivity index (χ0) is 19.3. The van der Waals surface area contributed by atoms with Crippen LogP contribution in [0.3, 0.4) is 0 Å².